The van der Waals surface area contributed by atoms with Gasteiger partial charge in [0.2, 0.25) is 5.91 Å². The minimum absolute atomic E-state index is 0.139. The van der Waals surface area contributed by atoms with Crippen molar-refractivity contribution in [1.29, 1.82) is 0 Å². The first kappa shape index (κ1) is 13.4. The lowest BCUT2D eigenvalue weighted by atomic mass is 10.1. The van der Waals surface area contributed by atoms with E-state index < -0.39 is 0 Å². The van der Waals surface area contributed by atoms with Crippen molar-refractivity contribution >= 4 is 5.91 Å². The van der Waals surface area contributed by atoms with Gasteiger partial charge in [-0.25, -0.2) is 0 Å². The summed E-state index contributed by atoms with van der Waals surface area (Å²) in [6.45, 7) is 5.69. The molecule has 1 atom stereocenters. The summed E-state index contributed by atoms with van der Waals surface area (Å²) >= 11 is 0. The predicted molar refractivity (Wildman–Crippen MR) is 66.6 cm³/mol. The number of hydrogen-bond acceptors (Lipinski definition) is 3. The van der Waals surface area contributed by atoms with Gasteiger partial charge in [-0.15, -0.1) is 0 Å². The lowest BCUT2D eigenvalue weighted by Crippen LogP contribution is -2.31. The van der Waals surface area contributed by atoms with Gasteiger partial charge >= 0.3 is 0 Å². The maximum Gasteiger partial charge on any atom is 0.253 e. The third-order valence-electron chi connectivity index (χ3n) is 2.46. The van der Waals surface area contributed by atoms with E-state index in [1.807, 2.05) is 19.9 Å². The molecular weight excluding hydrogens is 218 g/mol. The molecule has 0 aromatic carbocycles. The topological polar surface area (TPSA) is 88.0 Å². The molecule has 0 radical (unpaired) electrons. The number of aromatic amines is 1. The molecule has 1 heterocycles. The average Bonchev–Trinajstić information content (AvgIpc) is 2.14. The SMILES string of the molecule is Cc1cc(C)c(CNC(=O)CC(C)N)c(=O)[nH]1. The van der Waals surface area contributed by atoms with Gasteiger partial charge in [0.05, 0.1) is 0 Å². The summed E-state index contributed by atoms with van der Waals surface area (Å²) in [5, 5.41) is 2.69. The molecule has 94 valence electrons. The van der Waals surface area contributed by atoms with E-state index in [4.69, 9.17) is 5.73 Å². The number of hydrogen-bond donors (Lipinski definition) is 3. The first-order chi connectivity index (χ1) is 7.90. The van der Waals surface area contributed by atoms with Gasteiger partial charge in [0.1, 0.15) is 0 Å². The molecule has 1 aromatic rings. The molecule has 5 nitrogen and oxygen atoms in total. The zero-order chi connectivity index (χ0) is 13.0. The number of pyridine rings is 1. The Bertz CT molecular complexity index is 463. The van der Waals surface area contributed by atoms with Crippen LogP contribution in [0.15, 0.2) is 10.9 Å². The third kappa shape index (κ3) is 4.03. The number of H-pyrrole nitrogens is 1. The molecule has 0 fully saturated rings. The lowest BCUT2D eigenvalue weighted by molar-refractivity contribution is -0.121. The molecule has 0 spiro atoms. The quantitative estimate of drug-likeness (QED) is 0.706. The molecule has 4 N–H and O–H groups in total. The lowest BCUT2D eigenvalue weighted by Gasteiger charge is -2.09. The maximum atomic E-state index is 11.7. The molecule has 0 saturated carbocycles. The highest BCUT2D eigenvalue weighted by Crippen LogP contribution is 2.03. The summed E-state index contributed by atoms with van der Waals surface area (Å²) in [5.41, 5.74) is 7.65. The van der Waals surface area contributed by atoms with Crippen molar-refractivity contribution in [3.63, 3.8) is 0 Å². The summed E-state index contributed by atoms with van der Waals surface area (Å²) in [6, 6.07) is 1.71. The van der Waals surface area contributed by atoms with E-state index in [0.717, 1.165) is 11.3 Å². The summed E-state index contributed by atoms with van der Waals surface area (Å²) < 4.78 is 0. The van der Waals surface area contributed by atoms with E-state index in [2.05, 4.69) is 10.3 Å². The fraction of sp³-hybridized carbons (Fsp3) is 0.500. The molecule has 17 heavy (non-hydrogen) atoms. The molecule has 0 saturated heterocycles. The van der Waals surface area contributed by atoms with Crippen LogP contribution in [0, 0.1) is 13.8 Å². The first-order valence-electron chi connectivity index (χ1n) is 5.62. The van der Waals surface area contributed by atoms with Crippen molar-refractivity contribution in [2.24, 2.45) is 5.73 Å². The second kappa shape index (κ2) is 5.63. The normalized spacial score (nSPS) is 12.2. The van der Waals surface area contributed by atoms with Crippen LogP contribution >= 0.6 is 0 Å². The molecule has 0 aliphatic heterocycles. The summed E-state index contributed by atoms with van der Waals surface area (Å²) in [4.78, 5) is 25.8. The number of nitrogens with one attached hydrogen (secondary N) is 2. The predicted octanol–water partition coefficient (Wildman–Crippen LogP) is 0.345. The van der Waals surface area contributed by atoms with Crippen molar-refractivity contribution in [2.45, 2.75) is 39.8 Å². The van der Waals surface area contributed by atoms with E-state index in [1.54, 1.807) is 6.92 Å². The monoisotopic (exact) mass is 237 g/mol. The standard InChI is InChI=1S/C12H19N3O2/c1-7-4-9(3)15-12(17)10(7)6-14-11(16)5-8(2)13/h4,8H,5-6,13H2,1-3H3,(H,14,16)(H,15,17). The highest BCUT2D eigenvalue weighted by atomic mass is 16.1. The molecule has 1 aromatic heterocycles. The van der Waals surface area contributed by atoms with Crippen LogP contribution in [0.5, 0.6) is 0 Å². The van der Waals surface area contributed by atoms with Crippen LogP contribution in [0.1, 0.15) is 30.2 Å². The van der Waals surface area contributed by atoms with Crippen LogP contribution in [0.25, 0.3) is 0 Å². The molecule has 1 rings (SSSR count). The summed E-state index contributed by atoms with van der Waals surface area (Å²) in [5.74, 6) is -0.139. The number of nitrogens with two attached hydrogens (primary N) is 1. The number of aryl methyl sites for hydroxylation is 2. The fourth-order valence-electron chi connectivity index (χ4n) is 1.65. The highest BCUT2D eigenvalue weighted by Gasteiger charge is 2.08. The van der Waals surface area contributed by atoms with Crippen molar-refractivity contribution in [1.82, 2.24) is 10.3 Å². The summed E-state index contributed by atoms with van der Waals surface area (Å²) in [7, 11) is 0. The van der Waals surface area contributed by atoms with Crippen LogP contribution in [-0.4, -0.2) is 16.9 Å². The van der Waals surface area contributed by atoms with Crippen LogP contribution < -0.4 is 16.6 Å². The van der Waals surface area contributed by atoms with Crippen molar-refractivity contribution in [3.8, 4) is 0 Å². The Kier molecular flexibility index (Phi) is 4.45. The molecule has 0 aliphatic carbocycles. The molecule has 5 heteroatoms. The van der Waals surface area contributed by atoms with Gasteiger partial charge in [-0.3, -0.25) is 9.59 Å². The smallest absolute Gasteiger partial charge is 0.253 e. The minimum Gasteiger partial charge on any atom is -0.352 e. The Morgan fingerprint density at radius 3 is 2.71 bits per heavy atom. The van der Waals surface area contributed by atoms with Crippen molar-refractivity contribution < 1.29 is 4.79 Å². The largest absolute Gasteiger partial charge is 0.352 e. The Hall–Kier alpha value is -1.62. The van der Waals surface area contributed by atoms with Gasteiger partial charge in [0, 0.05) is 30.3 Å². The molecule has 1 unspecified atom stereocenters. The van der Waals surface area contributed by atoms with Gasteiger partial charge < -0.3 is 16.0 Å². The van der Waals surface area contributed by atoms with E-state index in [-0.39, 0.29) is 30.5 Å². The van der Waals surface area contributed by atoms with Gasteiger partial charge in [0.15, 0.2) is 0 Å². The Morgan fingerprint density at radius 1 is 1.53 bits per heavy atom. The Balaban J connectivity index is 2.70. The third-order valence-corrected chi connectivity index (χ3v) is 2.46. The van der Waals surface area contributed by atoms with Crippen LogP contribution in [0.3, 0.4) is 0 Å². The van der Waals surface area contributed by atoms with Crippen molar-refractivity contribution in [3.05, 3.63) is 33.2 Å². The van der Waals surface area contributed by atoms with E-state index in [9.17, 15) is 9.59 Å². The van der Waals surface area contributed by atoms with Crippen LogP contribution in [-0.2, 0) is 11.3 Å². The first-order valence-corrected chi connectivity index (χ1v) is 5.62. The second-order valence-corrected chi connectivity index (χ2v) is 4.40. The number of aromatic nitrogens is 1. The average molecular weight is 237 g/mol. The van der Waals surface area contributed by atoms with Crippen molar-refractivity contribution in [2.75, 3.05) is 0 Å². The number of rotatable bonds is 4. The number of carbonyl (C=O) groups is 1. The zero-order valence-corrected chi connectivity index (χ0v) is 10.5. The van der Waals surface area contributed by atoms with E-state index in [0.29, 0.717) is 5.56 Å². The van der Waals surface area contributed by atoms with E-state index >= 15 is 0 Å². The molecule has 0 aliphatic rings. The zero-order valence-electron chi connectivity index (χ0n) is 10.5. The molecular formula is C12H19N3O2. The fourth-order valence-corrected chi connectivity index (χ4v) is 1.65. The van der Waals surface area contributed by atoms with Gasteiger partial charge in [0.25, 0.3) is 5.56 Å². The Labute approximate surface area is 100 Å². The maximum absolute atomic E-state index is 11.7. The second-order valence-electron chi connectivity index (χ2n) is 4.40. The van der Waals surface area contributed by atoms with Gasteiger partial charge in [-0.1, -0.05) is 0 Å². The van der Waals surface area contributed by atoms with Gasteiger partial charge in [-0.05, 0) is 32.4 Å². The molecule has 0 bridgehead atoms. The van der Waals surface area contributed by atoms with E-state index in [1.165, 1.54) is 0 Å². The molecule has 1 amide bonds. The summed E-state index contributed by atoms with van der Waals surface area (Å²) in [6.07, 6.45) is 0.267. The van der Waals surface area contributed by atoms with Crippen LogP contribution in [0.2, 0.25) is 0 Å². The van der Waals surface area contributed by atoms with Gasteiger partial charge in [-0.2, -0.15) is 0 Å². The highest BCUT2D eigenvalue weighted by molar-refractivity contribution is 5.76. The van der Waals surface area contributed by atoms with Crippen LogP contribution in [0.4, 0.5) is 0 Å². The number of carbonyl (C=O) groups excluding carboxylic acids is 1. The Morgan fingerprint density at radius 2 is 2.18 bits per heavy atom. The number of amides is 1. The minimum atomic E-state index is -0.174.